The number of sulfonamides is 1. The van der Waals surface area contributed by atoms with Crippen LogP contribution in [0.2, 0.25) is 0 Å². The van der Waals surface area contributed by atoms with E-state index in [-0.39, 0.29) is 10.6 Å². The molecule has 6 nitrogen and oxygen atoms in total. The van der Waals surface area contributed by atoms with E-state index in [1.165, 1.54) is 19.1 Å². The third-order valence-corrected chi connectivity index (χ3v) is 4.11. The van der Waals surface area contributed by atoms with E-state index < -0.39 is 22.0 Å². The first-order valence-corrected chi connectivity index (χ1v) is 6.88. The molecule has 0 aliphatic rings. The molecule has 0 bridgehead atoms. The van der Waals surface area contributed by atoms with E-state index in [9.17, 15) is 13.2 Å². The molecule has 0 heterocycles. The van der Waals surface area contributed by atoms with Crippen molar-refractivity contribution in [2.75, 3.05) is 5.73 Å². The van der Waals surface area contributed by atoms with Gasteiger partial charge in [0.1, 0.15) is 4.90 Å². The van der Waals surface area contributed by atoms with Crippen molar-refractivity contribution >= 4 is 37.5 Å². The van der Waals surface area contributed by atoms with Gasteiger partial charge in [0.2, 0.25) is 15.9 Å². The van der Waals surface area contributed by atoms with Crippen molar-refractivity contribution < 1.29 is 13.2 Å². The Morgan fingerprint density at radius 2 is 2.06 bits per heavy atom. The van der Waals surface area contributed by atoms with Gasteiger partial charge >= 0.3 is 0 Å². The van der Waals surface area contributed by atoms with Crippen LogP contribution in [-0.2, 0) is 14.8 Å². The molecule has 1 unspecified atom stereocenters. The molecule has 0 aliphatic heterocycles. The number of benzene rings is 1. The lowest BCUT2D eigenvalue weighted by Crippen LogP contribution is -2.42. The zero-order chi connectivity index (χ0) is 13.2. The number of primary amides is 1. The van der Waals surface area contributed by atoms with Gasteiger partial charge < -0.3 is 11.5 Å². The van der Waals surface area contributed by atoms with Crippen molar-refractivity contribution in [1.29, 1.82) is 0 Å². The lowest BCUT2D eigenvalue weighted by molar-refractivity contribution is -0.119. The normalized spacial score (nSPS) is 13.3. The first-order valence-electron chi connectivity index (χ1n) is 4.60. The van der Waals surface area contributed by atoms with Crippen molar-refractivity contribution in [2.24, 2.45) is 5.73 Å². The summed E-state index contributed by atoms with van der Waals surface area (Å²) in [7, 11) is -3.86. The van der Waals surface area contributed by atoms with Crippen molar-refractivity contribution in [3.05, 3.63) is 22.7 Å². The van der Waals surface area contributed by atoms with Crippen LogP contribution >= 0.6 is 15.9 Å². The summed E-state index contributed by atoms with van der Waals surface area (Å²) in [6, 6.07) is 3.42. The molecule has 1 rings (SSSR count). The summed E-state index contributed by atoms with van der Waals surface area (Å²) in [4.78, 5) is 10.7. The number of nitrogens with two attached hydrogens (primary N) is 2. The minimum atomic E-state index is -3.86. The zero-order valence-electron chi connectivity index (χ0n) is 8.98. The Bertz CT molecular complexity index is 544. The molecule has 1 amide bonds. The Kier molecular flexibility index (Phi) is 4.12. The van der Waals surface area contributed by atoms with Gasteiger partial charge in [-0.05, 0) is 25.1 Å². The summed E-state index contributed by atoms with van der Waals surface area (Å²) < 4.78 is 26.5. The van der Waals surface area contributed by atoms with E-state index >= 15 is 0 Å². The molecule has 1 aromatic rings. The summed E-state index contributed by atoms with van der Waals surface area (Å²) in [5, 5.41) is 0. The largest absolute Gasteiger partial charge is 0.398 e. The quantitative estimate of drug-likeness (QED) is 0.686. The minimum absolute atomic E-state index is 0.0948. The molecule has 94 valence electrons. The molecule has 8 heteroatoms. The Morgan fingerprint density at radius 3 is 2.59 bits per heavy atom. The SMILES string of the molecule is CC(NS(=O)(=O)c1cc(Br)ccc1N)C(N)=O. The van der Waals surface area contributed by atoms with Crippen LogP contribution in [0, 0.1) is 0 Å². The zero-order valence-corrected chi connectivity index (χ0v) is 11.4. The molecular weight excluding hydrogens is 310 g/mol. The van der Waals surface area contributed by atoms with E-state index in [2.05, 4.69) is 20.7 Å². The molecule has 1 atom stereocenters. The van der Waals surface area contributed by atoms with Crippen molar-refractivity contribution in [3.8, 4) is 0 Å². The Labute approximate surface area is 108 Å². The summed E-state index contributed by atoms with van der Waals surface area (Å²) in [6.07, 6.45) is 0. The maximum Gasteiger partial charge on any atom is 0.243 e. The van der Waals surface area contributed by atoms with Gasteiger partial charge in [-0.25, -0.2) is 8.42 Å². The molecule has 0 saturated heterocycles. The molecule has 17 heavy (non-hydrogen) atoms. The second kappa shape index (κ2) is 5.03. The van der Waals surface area contributed by atoms with Crippen LogP contribution in [0.3, 0.4) is 0 Å². The fraction of sp³-hybridized carbons (Fsp3) is 0.222. The Morgan fingerprint density at radius 1 is 1.47 bits per heavy atom. The summed E-state index contributed by atoms with van der Waals surface area (Å²) >= 11 is 3.14. The fourth-order valence-corrected chi connectivity index (χ4v) is 2.98. The van der Waals surface area contributed by atoms with Crippen LogP contribution < -0.4 is 16.2 Å². The summed E-state index contributed by atoms with van der Waals surface area (Å²) in [5.74, 6) is -0.762. The predicted molar refractivity (Wildman–Crippen MR) is 67.5 cm³/mol. The predicted octanol–water partition coefficient (Wildman–Crippen LogP) is 0.183. The van der Waals surface area contributed by atoms with Gasteiger partial charge in [-0.3, -0.25) is 4.79 Å². The van der Waals surface area contributed by atoms with Crippen LogP contribution in [0.4, 0.5) is 5.69 Å². The molecular formula is C9H12BrN3O3S. The van der Waals surface area contributed by atoms with Crippen LogP contribution in [0.1, 0.15) is 6.92 Å². The lowest BCUT2D eigenvalue weighted by atomic mass is 10.3. The molecule has 0 fully saturated rings. The third-order valence-electron chi connectivity index (χ3n) is 2.02. The number of rotatable bonds is 4. The van der Waals surface area contributed by atoms with Gasteiger partial charge in [0, 0.05) is 4.47 Å². The first-order chi connectivity index (χ1) is 7.74. The number of hydrogen-bond donors (Lipinski definition) is 3. The highest BCUT2D eigenvalue weighted by atomic mass is 79.9. The Balaban J connectivity index is 3.13. The average Bonchev–Trinajstić information content (AvgIpc) is 2.20. The molecule has 0 aliphatic carbocycles. The molecule has 5 N–H and O–H groups in total. The minimum Gasteiger partial charge on any atom is -0.398 e. The molecule has 1 aromatic carbocycles. The average molecular weight is 322 g/mol. The maximum atomic E-state index is 11.9. The van der Waals surface area contributed by atoms with Crippen molar-refractivity contribution in [2.45, 2.75) is 17.9 Å². The molecule has 0 saturated carbocycles. The number of hydrogen-bond acceptors (Lipinski definition) is 4. The number of nitrogen functional groups attached to an aromatic ring is 1. The highest BCUT2D eigenvalue weighted by Crippen LogP contribution is 2.22. The van der Waals surface area contributed by atoms with E-state index in [4.69, 9.17) is 11.5 Å². The second-order valence-electron chi connectivity index (χ2n) is 3.43. The van der Waals surface area contributed by atoms with Crippen LogP contribution in [0.5, 0.6) is 0 Å². The van der Waals surface area contributed by atoms with Crippen LogP contribution in [0.25, 0.3) is 0 Å². The van der Waals surface area contributed by atoms with Crippen molar-refractivity contribution in [1.82, 2.24) is 4.72 Å². The smallest absolute Gasteiger partial charge is 0.243 e. The van der Waals surface area contributed by atoms with E-state index in [0.29, 0.717) is 4.47 Å². The Hall–Kier alpha value is -1.12. The standard InChI is InChI=1S/C9H12BrN3O3S/c1-5(9(12)14)13-17(15,16)8-4-6(10)2-3-7(8)11/h2-5,13H,11H2,1H3,(H2,12,14). The number of nitrogens with one attached hydrogen (secondary N) is 1. The van der Waals surface area contributed by atoms with Gasteiger partial charge in [-0.15, -0.1) is 0 Å². The van der Waals surface area contributed by atoms with Gasteiger partial charge in [0.15, 0.2) is 0 Å². The highest BCUT2D eigenvalue weighted by Gasteiger charge is 2.22. The third kappa shape index (κ3) is 3.42. The number of carbonyl (C=O) groups excluding carboxylic acids is 1. The molecule has 0 spiro atoms. The van der Waals surface area contributed by atoms with E-state index in [1.807, 2.05) is 0 Å². The fourth-order valence-electron chi connectivity index (χ4n) is 1.10. The van der Waals surface area contributed by atoms with Crippen LogP contribution in [0.15, 0.2) is 27.6 Å². The maximum absolute atomic E-state index is 11.9. The summed E-state index contributed by atoms with van der Waals surface area (Å²) in [6.45, 7) is 1.36. The van der Waals surface area contributed by atoms with E-state index in [0.717, 1.165) is 0 Å². The highest BCUT2D eigenvalue weighted by molar-refractivity contribution is 9.10. The molecule has 0 radical (unpaired) electrons. The number of anilines is 1. The molecule has 0 aromatic heterocycles. The van der Waals surface area contributed by atoms with Gasteiger partial charge in [-0.1, -0.05) is 15.9 Å². The number of halogens is 1. The van der Waals surface area contributed by atoms with E-state index in [1.54, 1.807) is 6.07 Å². The number of carbonyl (C=O) groups is 1. The first kappa shape index (κ1) is 13.9. The van der Waals surface area contributed by atoms with Crippen LogP contribution in [-0.4, -0.2) is 20.4 Å². The topological polar surface area (TPSA) is 115 Å². The van der Waals surface area contributed by atoms with Gasteiger partial charge in [0.25, 0.3) is 0 Å². The lowest BCUT2D eigenvalue weighted by Gasteiger charge is -2.12. The summed E-state index contributed by atoms with van der Waals surface area (Å²) in [5.41, 5.74) is 10.6. The van der Waals surface area contributed by atoms with Gasteiger partial charge in [0.05, 0.1) is 11.7 Å². The second-order valence-corrected chi connectivity index (χ2v) is 6.03. The number of amides is 1. The van der Waals surface area contributed by atoms with Gasteiger partial charge in [-0.2, -0.15) is 4.72 Å². The monoisotopic (exact) mass is 321 g/mol. The van der Waals surface area contributed by atoms with Crippen molar-refractivity contribution in [3.63, 3.8) is 0 Å².